The van der Waals surface area contributed by atoms with Crippen molar-refractivity contribution in [1.82, 2.24) is 15.0 Å². The molecule has 0 fully saturated rings. The van der Waals surface area contributed by atoms with Crippen molar-refractivity contribution < 1.29 is 50.5 Å². The number of hydrogen-bond donors (Lipinski definition) is 4. The molecule has 0 aliphatic heterocycles. The SMILES string of the molecule is COC(=O)c1cnc(Nc2ccc(F)c(OC)c2F)nc1Nc1ccc2oc(=O)[nH]c2c1.O=C(O)C(F)(F)F. The molecule has 0 aliphatic carbocycles. The Morgan fingerprint density at radius 1 is 1.10 bits per heavy atom. The molecule has 0 radical (unpaired) electrons. The smallest absolute Gasteiger partial charge is 0.490 e. The van der Waals surface area contributed by atoms with E-state index in [4.69, 9.17) is 23.8 Å². The Hall–Kier alpha value is -5.22. The molecule has 206 valence electrons. The van der Waals surface area contributed by atoms with Gasteiger partial charge in [-0.05, 0) is 30.3 Å². The van der Waals surface area contributed by atoms with Crippen molar-refractivity contribution in [3.05, 3.63) is 64.3 Å². The van der Waals surface area contributed by atoms with Gasteiger partial charge in [-0.15, -0.1) is 0 Å². The Morgan fingerprint density at radius 3 is 2.41 bits per heavy atom. The summed E-state index contributed by atoms with van der Waals surface area (Å²) in [6.45, 7) is 0. The average Bonchev–Trinajstić information content (AvgIpc) is 3.25. The van der Waals surface area contributed by atoms with Gasteiger partial charge in [-0.25, -0.2) is 28.1 Å². The summed E-state index contributed by atoms with van der Waals surface area (Å²) in [6.07, 6.45) is -3.90. The molecule has 0 aliphatic rings. The number of carboxylic acids is 1. The van der Waals surface area contributed by atoms with Crippen molar-refractivity contribution in [2.45, 2.75) is 6.18 Å². The van der Waals surface area contributed by atoms with Crippen LogP contribution < -0.4 is 21.1 Å². The predicted molar refractivity (Wildman–Crippen MR) is 123 cm³/mol. The summed E-state index contributed by atoms with van der Waals surface area (Å²) in [7, 11) is 2.33. The molecule has 0 saturated carbocycles. The summed E-state index contributed by atoms with van der Waals surface area (Å²) < 4.78 is 74.3. The molecule has 0 amide bonds. The van der Waals surface area contributed by atoms with Crippen molar-refractivity contribution in [1.29, 1.82) is 0 Å². The number of carboxylic acid groups (broad SMARTS) is 1. The van der Waals surface area contributed by atoms with Gasteiger partial charge in [0.1, 0.15) is 5.56 Å². The highest BCUT2D eigenvalue weighted by Gasteiger charge is 2.38. The minimum atomic E-state index is -5.08. The number of fused-ring (bicyclic) bond motifs is 1. The maximum Gasteiger partial charge on any atom is 0.490 e. The maximum absolute atomic E-state index is 14.5. The second-order valence-electron chi connectivity index (χ2n) is 7.17. The molecule has 39 heavy (non-hydrogen) atoms. The van der Waals surface area contributed by atoms with Crippen molar-refractivity contribution in [2.24, 2.45) is 0 Å². The van der Waals surface area contributed by atoms with Crippen molar-refractivity contribution in [3.63, 3.8) is 0 Å². The second kappa shape index (κ2) is 11.4. The Morgan fingerprint density at radius 2 is 1.79 bits per heavy atom. The highest BCUT2D eigenvalue weighted by atomic mass is 19.4. The van der Waals surface area contributed by atoms with Gasteiger partial charge in [-0.2, -0.15) is 18.2 Å². The number of carbonyl (C=O) groups is 2. The topological polar surface area (TPSA) is 169 Å². The molecule has 0 atom stereocenters. The van der Waals surface area contributed by atoms with Crippen LogP contribution in [0.25, 0.3) is 11.1 Å². The predicted octanol–water partition coefficient (Wildman–Crippen LogP) is 4.11. The van der Waals surface area contributed by atoms with Gasteiger partial charge in [-0.1, -0.05) is 0 Å². The summed E-state index contributed by atoms with van der Waals surface area (Å²) in [5.74, 6) is -6.55. The fourth-order valence-corrected chi connectivity index (χ4v) is 2.90. The largest absolute Gasteiger partial charge is 0.491 e. The van der Waals surface area contributed by atoms with E-state index in [0.29, 0.717) is 16.8 Å². The number of nitrogens with one attached hydrogen (secondary N) is 3. The van der Waals surface area contributed by atoms with Crippen LogP contribution in [0.4, 0.5) is 45.1 Å². The fraction of sp³-hybridized carbons (Fsp3) is 0.136. The van der Waals surface area contributed by atoms with Crippen LogP contribution in [0.1, 0.15) is 10.4 Å². The minimum absolute atomic E-state index is 0.00371. The summed E-state index contributed by atoms with van der Waals surface area (Å²) >= 11 is 0. The van der Waals surface area contributed by atoms with Crippen molar-refractivity contribution >= 4 is 46.2 Å². The van der Waals surface area contributed by atoms with E-state index < -0.39 is 41.3 Å². The van der Waals surface area contributed by atoms with Crippen molar-refractivity contribution in [2.75, 3.05) is 24.9 Å². The molecule has 4 rings (SSSR count). The molecule has 2 aromatic carbocycles. The number of rotatable bonds is 6. The van der Waals surface area contributed by atoms with Crippen LogP contribution in [0.5, 0.6) is 5.75 Å². The van der Waals surface area contributed by atoms with E-state index in [2.05, 4.69) is 25.6 Å². The lowest BCUT2D eigenvalue weighted by molar-refractivity contribution is -0.192. The lowest BCUT2D eigenvalue weighted by Gasteiger charge is -2.13. The number of aromatic nitrogens is 3. The fourth-order valence-electron chi connectivity index (χ4n) is 2.90. The molecule has 4 N–H and O–H groups in total. The maximum atomic E-state index is 14.5. The second-order valence-corrected chi connectivity index (χ2v) is 7.17. The third-order valence-electron chi connectivity index (χ3n) is 4.62. The Kier molecular flexibility index (Phi) is 8.32. The molecule has 2 aromatic heterocycles. The number of benzene rings is 2. The normalized spacial score (nSPS) is 10.8. The number of carbonyl (C=O) groups excluding carboxylic acids is 1. The first-order valence-electron chi connectivity index (χ1n) is 10.3. The number of hydrogen-bond acceptors (Lipinski definition) is 10. The first kappa shape index (κ1) is 28.4. The van der Waals surface area contributed by atoms with Gasteiger partial charge >= 0.3 is 23.9 Å². The molecule has 0 bridgehead atoms. The Balaban J connectivity index is 0.000000532. The minimum Gasteiger partial charge on any atom is -0.491 e. The number of anilines is 4. The van der Waals surface area contributed by atoms with E-state index in [0.717, 1.165) is 19.2 Å². The summed E-state index contributed by atoms with van der Waals surface area (Å²) in [6, 6.07) is 6.89. The number of H-pyrrole nitrogens is 1. The van der Waals surface area contributed by atoms with Gasteiger partial charge in [-0.3, -0.25) is 4.98 Å². The van der Waals surface area contributed by atoms with E-state index in [1.54, 1.807) is 18.2 Å². The number of methoxy groups -OCH3 is 2. The van der Waals surface area contributed by atoms with Crippen LogP contribution in [0, 0.1) is 11.6 Å². The molecule has 4 aromatic rings. The van der Waals surface area contributed by atoms with E-state index in [-0.39, 0.29) is 23.0 Å². The third-order valence-corrected chi connectivity index (χ3v) is 4.62. The standard InChI is InChI=1S/C20H15F2N5O5.C2HF3O2/c1-30-16-11(21)4-5-12(15(16)22)25-19-23-8-10(18(28)31-2)17(27-19)24-9-3-6-14-13(7-9)26-20(29)32-14;3-2(4,5)1(6)7/h3-8H,1-2H3,(H,26,29)(H2,23,24,25,27);(H,6,7). The molecular formula is C22H16F5N5O7. The van der Waals surface area contributed by atoms with E-state index in [9.17, 15) is 31.5 Å². The zero-order chi connectivity index (χ0) is 28.9. The molecule has 0 spiro atoms. The highest BCUT2D eigenvalue weighted by molar-refractivity contribution is 5.95. The molecule has 12 nitrogen and oxygen atoms in total. The van der Waals surface area contributed by atoms with Crippen LogP contribution in [0.3, 0.4) is 0 Å². The average molecular weight is 557 g/mol. The molecule has 0 saturated heterocycles. The lowest BCUT2D eigenvalue weighted by atomic mass is 10.2. The summed E-state index contributed by atoms with van der Waals surface area (Å²) in [5, 5.41) is 12.7. The zero-order valence-corrected chi connectivity index (χ0v) is 19.6. The zero-order valence-electron chi connectivity index (χ0n) is 19.6. The molecule has 2 heterocycles. The number of aliphatic carboxylic acids is 1. The number of oxazole rings is 1. The van der Waals surface area contributed by atoms with Crippen molar-refractivity contribution in [3.8, 4) is 5.75 Å². The first-order valence-corrected chi connectivity index (χ1v) is 10.3. The van der Waals surface area contributed by atoms with Gasteiger partial charge in [0, 0.05) is 11.9 Å². The number of alkyl halides is 3. The Labute approximate surface area is 213 Å². The third kappa shape index (κ3) is 6.76. The van der Waals surface area contributed by atoms with Crippen LogP contribution in [0.15, 0.2) is 45.7 Å². The van der Waals surface area contributed by atoms with Gasteiger partial charge in [0.15, 0.2) is 28.8 Å². The monoisotopic (exact) mass is 557 g/mol. The molecule has 17 heteroatoms. The summed E-state index contributed by atoms with van der Waals surface area (Å²) in [4.78, 5) is 43.1. The quantitative estimate of drug-likeness (QED) is 0.199. The lowest BCUT2D eigenvalue weighted by Crippen LogP contribution is -2.21. The van der Waals surface area contributed by atoms with Gasteiger partial charge in [0.2, 0.25) is 5.95 Å². The number of esters is 1. The number of halogens is 5. The number of ether oxygens (including phenoxy) is 2. The number of aromatic amines is 1. The van der Waals surface area contributed by atoms with Gasteiger partial charge < -0.3 is 29.6 Å². The van der Waals surface area contributed by atoms with E-state index in [1.807, 2.05) is 0 Å². The highest BCUT2D eigenvalue weighted by Crippen LogP contribution is 2.30. The van der Waals surface area contributed by atoms with E-state index >= 15 is 0 Å². The summed E-state index contributed by atoms with van der Waals surface area (Å²) in [5.41, 5.74) is 1.08. The molecule has 0 unspecified atom stereocenters. The van der Waals surface area contributed by atoms with Gasteiger partial charge in [0.05, 0.1) is 25.4 Å². The van der Waals surface area contributed by atoms with Gasteiger partial charge in [0.25, 0.3) is 0 Å². The van der Waals surface area contributed by atoms with Crippen LogP contribution >= 0.6 is 0 Å². The van der Waals surface area contributed by atoms with E-state index in [1.165, 1.54) is 13.3 Å². The number of nitrogens with zero attached hydrogens (tertiary/aromatic N) is 2. The van der Waals surface area contributed by atoms with Crippen LogP contribution in [-0.4, -0.2) is 52.4 Å². The Bertz CT molecular complexity index is 1590. The van der Waals surface area contributed by atoms with Crippen LogP contribution in [-0.2, 0) is 9.53 Å². The molecular weight excluding hydrogens is 541 g/mol. The van der Waals surface area contributed by atoms with Crippen LogP contribution in [0.2, 0.25) is 0 Å². The first-order chi connectivity index (χ1) is 18.3.